The number of benzene rings is 1. The zero-order valence-corrected chi connectivity index (χ0v) is 13.7. The molecule has 1 saturated heterocycles. The Balaban J connectivity index is 1.58. The number of hydrogen-bond donors (Lipinski definition) is 3. The molecule has 0 aliphatic carbocycles. The number of carbonyl (C=O) groups excluding carboxylic acids is 1. The quantitative estimate of drug-likeness (QED) is 0.803. The first-order chi connectivity index (χ1) is 10.6. The molecule has 1 aliphatic heterocycles. The summed E-state index contributed by atoms with van der Waals surface area (Å²) in [6.07, 6.45) is 0.728. The predicted molar refractivity (Wildman–Crippen MR) is 93.7 cm³/mol. The van der Waals surface area contributed by atoms with Crippen LogP contribution in [0, 0.1) is 0 Å². The van der Waals surface area contributed by atoms with Crippen molar-refractivity contribution in [3.63, 3.8) is 0 Å². The molecule has 6 heteroatoms. The molecule has 3 rings (SSSR count). The molecule has 3 N–H and O–H groups in total. The Kier molecular flexibility index (Phi) is 4.71. The maximum atomic E-state index is 12.0. The van der Waals surface area contributed by atoms with E-state index in [0.29, 0.717) is 5.75 Å². The Morgan fingerprint density at radius 2 is 2.23 bits per heavy atom. The number of anilines is 1. The summed E-state index contributed by atoms with van der Waals surface area (Å²) in [4.78, 5) is 13.1. The first kappa shape index (κ1) is 15.4. The summed E-state index contributed by atoms with van der Waals surface area (Å²) in [7, 11) is 0. The fourth-order valence-corrected chi connectivity index (χ4v) is 4.37. The van der Waals surface area contributed by atoms with Crippen LogP contribution in [0.5, 0.6) is 0 Å². The van der Waals surface area contributed by atoms with Gasteiger partial charge < -0.3 is 15.7 Å². The van der Waals surface area contributed by atoms with Crippen LogP contribution < -0.4 is 10.6 Å². The van der Waals surface area contributed by atoms with Gasteiger partial charge in [-0.15, -0.1) is 11.3 Å². The molecule has 4 nitrogen and oxygen atoms in total. The first-order valence-electron chi connectivity index (χ1n) is 7.14. The third kappa shape index (κ3) is 3.82. The summed E-state index contributed by atoms with van der Waals surface area (Å²) in [5, 5.41) is 17.8. The fraction of sp³-hybridized carbons (Fsp3) is 0.312. The summed E-state index contributed by atoms with van der Waals surface area (Å²) >= 11 is 3.38. The molecule has 1 aliphatic rings. The van der Waals surface area contributed by atoms with Gasteiger partial charge in [-0.2, -0.15) is 11.8 Å². The highest BCUT2D eigenvalue weighted by molar-refractivity contribution is 7.99. The van der Waals surface area contributed by atoms with Crippen molar-refractivity contribution in [1.82, 2.24) is 5.32 Å². The molecule has 1 aromatic carbocycles. The van der Waals surface area contributed by atoms with Crippen molar-refractivity contribution in [3.05, 3.63) is 41.8 Å². The van der Waals surface area contributed by atoms with E-state index in [9.17, 15) is 9.90 Å². The Bertz CT molecular complexity index is 637. The molecule has 1 fully saturated rings. The minimum atomic E-state index is -0.763. The van der Waals surface area contributed by atoms with Gasteiger partial charge in [0, 0.05) is 22.9 Å². The second-order valence-corrected chi connectivity index (χ2v) is 7.45. The molecule has 1 atom stereocenters. The molecular formula is C16H18N2O2S2. The molecule has 116 valence electrons. The molecule has 2 aromatic rings. The van der Waals surface area contributed by atoms with Gasteiger partial charge in [-0.1, -0.05) is 18.2 Å². The predicted octanol–water partition coefficient (Wildman–Crippen LogP) is 3.40. The number of hydrogen-bond acceptors (Lipinski definition) is 4. The fourth-order valence-electron chi connectivity index (χ4n) is 2.35. The zero-order valence-electron chi connectivity index (χ0n) is 12.0. The van der Waals surface area contributed by atoms with Crippen LogP contribution in [0.1, 0.15) is 6.42 Å². The Morgan fingerprint density at radius 3 is 2.95 bits per heavy atom. The normalized spacial score (nSPS) is 20.8. The minimum Gasteiger partial charge on any atom is -0.387 e. The smallest absolute Gasteiger partial charge is 0.319 e. The van der Waals surface area contributed by atoms with Crippen molar-refractivity contribution >= 4 is 34.8 Å². The van der Waals surface area contributed by atoms with Crippen LogP contribution in [0.2, 0.25) is 0 Å². The van der Waals surface area contributed by atoms with Gasteiger partial charge >= 0.3 is 6.03 Å². The van der Waals surface area contributed by atoms with Gasteiger partial charge in [0.2, 0.25) is 0 Å². The topological polar surface area (TPSA) is 61.4 Å². The van der Waals surface area contributed by atoms with Crippen molar-refractivity contribution in [2.75, 3.05) is 23.4 Å². The van der Waals surface area contributed by atoms with Crippen LogP contribution >= 0.6 is 23.1 Å². The lowest BCUT2D eigenvalue weighted by atomic mass is 10.0. The summed E-state index contributed by atoms with van der Waals surface area (Å²) in [6, 6.07) is 11.5. The second kappa shape index (κ2) is 6.73. The molecule has 0 radical (unpaired) electrons. The minimum absolute atomic E-state index is 0.284. The molecule has 0 spiro atoms. The zero-order chi connectivity index (χ0) is 15.4. The maximum Gasteiger partial charge on any atom is 0.319 e. The lowest BCUT2D eigenvalue weighted by Gasteiger charge is -2.21. The van der Waals surface area contributed by atoms with Crippen molar-refractivity contribution in [2.24, 2.45) is 0 Å². The molecule has 2 amide bonds. The standard InChI is InChI=1S/C16H18N2O2S2/c19-15(17-10-16(20)6-8-21-11-16)18-13-4-1-3-12(9-13)14-5-2-7-22-14/h1-5,7,9,20H,6,8,10-11H2,(H2,17,18,19). The van der Waals surface area contributed by atoms with Gasteiger partial charge in [0.05, 0.1) is 5.60 Å². The van der Waals surface area contributed by atoms with Crippen LogP contribution in [-0.2, 0) is 0 Å². The number of aliphatic hydroxyl groups is 1. The van der Waals surface area contributed by atoms with E-state index in [-0.39, 0.29) is 12.6 Å². The van der Waals surface area contributed by atoms with Gasteiger partial charge in [-0.3, -0.25) is 0 Å². The summed E-state index contributed by atoms with van der Waals surface area (Å²) in [6.45, 7) is 0.288. The third-order valence-corrected chi connectivity index (χ3v) is 5.74. The van der Waals surface area contributed by atoms with E-state index in [1.165, 1.54) is 4.88 Å². The summed E-state index contributed by atoms with van der Waals surface area (Å²) in [5.41, 5.74) is 1.07. The highest BCUT2D eigenvalue weighted by Crippen LogP contribution is 2.28. The first-order valence-corrected chi connectivity index (χ1v) is 9.17. The summed E-state index contributed by atoms with van der Waals surface area (Å²) < 4.78 is 0. The van der Waals surface area contributed by atoms with Crippen molar-refractivity contribution in [1.29, 1.82) is 0 Å². The number of urea groups is 1. The number of thiophene rings is 1. The van der Waals surface area contributed by atoms with E-state index in [0.717, 1.165) is 23.4 Å². The Hall–Kier alpha value is -1.50. The van der Waals surface area contributed by atoms with Crippen molar-refractivity contribution < 1.29 is 9.90 Å². The van der Waals surface area contributed by atoms with E-state index < -0.39 is 5.60 Å². The number of thioether (sulfide) groups is 1. The van der Waals surface area contributed by atoms with Gasteiger partial charge in [0.15, 0.2) is 0 Å². The van der Waals surface area contributed by atoms with E-state index in [1.54, 1.807) is 23.1 Å². The molecule has 1 aromatic heterocycles. The number of rotatable bonds is 4. The van der Waals surface area contributed by atoms with Crippen molar-refractivity contribution in [2.45, 2.75) is 12.0 Å². The van der Waals surface area contributed by atoms with E-state index >= 15 is 0 Å². The van der Waals surface area contributed by atoms with Crippen molar-refractivity contribution in [3.8, 4) is 10.4 Å². The Morgan fingerprint density at radius 1 is 1.32 bits per heavy atom. The molecule has 0 saturated carbocycles. The monoisotopic (exact) mass is 334 g/mol. The molecular weight excluding hydrogens is 316 g/mol. The maximum absolute atomic E-state index is 12.0. The number of carbonyl (C=O) groups is 1. The van der Waals surface area contributed by atoms with Gasteiger partial charge in [-0.25, -0.2) is 4.79 Å². The van der Waals surface area contributed by atoms with Crippen LogP contribution in [-0.4, -0.2) is 34.8 Å². The number of nitrogens with one attached hydrogen (secondary N) is 2. The second-order valence-electron chi connectivity index (χ2n) is 5.39. The molecule has 22 heavy (non-hydrogen) atoms. The van der Waals surface area contributed by atoms with Crippen LogP contribution in [0.15, 0.2) is 41.8 Å². The average molecular weight is 334 g/mol. The highest BCUT2D eigenvalue weighted by atomic mass is 32.2. The lowest BCUT2D eigenvalue weighted by Crippen LogP contribution is -2.44. The third-order valence-electron chi connectivity index (χ3n) is 3.59. The number of amides is 2. The van der Waals surface area contributed by atoms with Crippen LogP contribution in [0.25, 0.3) is 10.4 Å². The van der Waals surface area contributed by atoms with Crippen LogP contribution in [0.3, 0.4) is 0 Å². The van der Waals surface area contributed by atoms with E-state index in [2.05, 4.69) is 16.7 Å². The largest absolute Gasteiger partial charge is 0.387 e. The highest BCUT2D eigenvalue weighted by Gasteiger charge is 2.31. The average Bonchev–Trinajstić information content (AvgIpc) is 3.18. The van der Waals surface area contributed by atoms with Gasteiger partial charge in [-0.05, 0) is 41.3 Å². The molecule has 1 unspecified atom stereocenters. The van der Waals surface area contributed by atoms with E-state index in [4.69, 9.17) is 0 Å². The lowest BCUT2D eigenvalue weighted by molar-refractivity contribution is 0.0706. The summed E-state index contributed by atoms with van der Waals surface area (Å²) in [5.74, 6) is 1.63. The van der Waals surface area contributed by atoms with Crippen LogP contribution in [0.4, 0.5) is 10.5 Å². The molecule has 0 bridgehead atoms. The molecule has 2 heterocycles. The van der Waals surface area contributed by atoms with Gasteiger partial charge in [0.25, 0.3) is 0 Å². The van der Waals surface area contributed by atoms with E-state index in [1.807, 2.05) is 35.7 Å². The van der Waals surface area contributed by atoms with Gasteiger partial charge in [0.1, 0.15) is 0 Å². The SMILES string of the molecule is O=C(NCC1(O)CCSC1)Nc1cccc(-c2cccs2)c1. The Labute approximate surface area is 137 Å².